The van der Waals surface area contributed by atoms with Crippen molar-refractivity contribution in [1.29, 1.82) is 0 Å². The summed E-state index contributed by atoms with van der Waals surface area (Å²) in [7, 11) is 0. The Bertz CT molecular complexity index is 172. The highest BCUT2D eigenvalue weighted by molar-refractivity contribution is 4.98. The van der Waals surface area contributed by atoms with Crippen LogP contribution in [-0.4, -0.2) is 5.11 Å². The summed E-state index contributed by atoms with van der Waals surface area (Å²) in [5.74, 6) is 0.358. The van der Waals surface area contributed by atoms with Gasteiger partial charge >= 0.3 is 0 Å². The van der Waals surface area contributed by atoms with Crippen molar-refractivity contribution in [2.24, 2.45) is 5.92 Å². The van der Waals surface area contributed by atoms with Gasteiger partial charge in [0.1, 0.15) is 0 Å². The molecule has 0 spiro atoms. The van der Waals surface area contributed by atoms with Gasteiger partial charge in [-0.3, -0.25) is 0 Å². The van der Waals surface area contributed by atoms with Crippen LogP contribution in [0.5, 0.6) is 0 Å². The minimum atomic E-state index is 0.0978. The van der Waals surface area contributed by atoms with E-state index in [1.807, 2.05) is 0 Å². The number of hydrogen-bond donors (Lipinski definition) is 1. The fraction of sp³-hybridized carbons (Fsp3) is 0.714. The van der Waals surface area contributed by atoms with Crippen LogP contribution in [0.15, 0.2) is 25.0 Å². The molecule has 1 unspecified atom stereocenters. The lowest BCUT2D eigenvalue weighted by molar-refractivity contribution is 0.345. The molecular weight excluding hydrogens is 184 g/mol. The normalized spacial score (nSPS) is 12.3. The fourth-order valence-corrected chi connectivity index (χ4v) is 1.74. The molecule has 0 aromatic carbocycles. The average Bonchev–Trinajstić information content (AvgIpc) is 2.21. The first-order valence-corrected chi connectivity index (χ1v) is 6.22. The maximum absolute atomic E-state index is 9.22. The van der Waals surface area contributed by atoms with Crippen molar-refractivity contribution >= 4 is 0 Å². The van der Waals surface area contributed by atoms with Crippen molar-refractivity contribution in [3.8, 4) is 0 Å². The second-order valence-electron chi connectivity index (χ2n) is 4.24. The van der Waals surface area contributed by atoms with Crippen LogP contribution in [0.4, 0.5) is 0 Å². The molecule has 0 aliphatic heterocycles. The van der Waals surface area contributed by atoms with E-state index in [1.165, 1.54) is 44.9 Å². The third-order valence-corrected chi connectivity index (χ3v) is 2.83. The van der Waals surface area contributed by atoms with Gasteiger partial charge in [-0.15, -0.1) is 6.58 Å². The molecule has 1 N–H and O–H groups in total. The molecule has 0 aliphatic carbocycles. The number of aliphatic hydroxyl groups is 1. The predicted molar refractivity (Wildman–Crippen MR) is 68.1 cm³/mol. The Morgan fingerprint density at radius 3 is 2.13 bits per heavy atom. The van der Waals surface area contributed by atoms with Gasteiger partial charge in [-0.05, 0) is 6.42 Å². The Balaban J connectivity index is 3.29. The molecule has 0 rings (SSSR count). The van der Waals surface area contributed by atoms with Gasteiger partial charge in [0.05, 0.1) is 5.76 Å². The van der Waals surface area contributed by atoms with Crippen LogP contribution in [0, 0.1) is 5.92 Å². The quantitative estimate of drug-likeness (QED) is 0.305. The minimum Gasteiger partial charge on any atom is -0.512 e. The highest BCUT2D eigenvalue weighted by Crippen LogP contribution is 2.17. The standard InChI is InChI=1S/C14H26O/c1-4-6-7-8-9-10-11-12-14(5-2)13(3)15/h5,14-15H,2-4,6-12H2,1H3. The summed E-state index contributed by atoms with van der Waals surface area (Å²) in [5.41, 5.74) is 0. The molecule has 0 bridgehead atoms. The van der Waals surface area contributed by atoms with E-state index in [0.717, 1.165) is 6.42 Å². The van der Waals surface area contributed by atoms with Crippen molar-refractivity contribution < 1.29 is 5.11 Å². The van der Waals surface area contributed by atoms with Crippen LogP contribution < -0.4 is 0 Å². The number of unbranched alkanes of at least 4 members (excludes halogenated alkanes) is 6. The van der Waals surface area contributed by atoms with Crippen LogP contribution >= 0.6 is 0 Å². The van der Waals surface area contributed by atoms with Crippen molar-refractivity contribution in [2.45, 2.75) is 58.3 Å². The number of allylic oxidation sites excluding steroid dienone is 1. The van der Waals surface area contributed by atoms with E-state index >= 15 is 0 Å². The number of rotatable bonds is 10. The topological polar surface area (TPSA) is 20.2 Å². The summed E-state index contributed by atoms with van der Waals surface area (Å²) in [6.45, 7) is 9.49. The maximum Gasteiger partial charge on any atom is 0.0919 e. The SMILES string of the molecule is C=CC(CCCCCCCCC)C(=C)O. The van der Waals surface area contributed by atoms with E-state index in [0.29, 0.717) is 0 Å². The molecule has 15 heavy (non-hydrogen) atoms. The predicted octanol–water partition coefficient (Wildman–Crippen LogP) is 5.00. The van der Waals surface area contributed by atoms with Gasteiger partial charge in [-0.1, -0.05) is 64.5 Å². The molecule has 0 amide bonds. The lowest BCUT2D eigenvalue weighted by atomic mass is 9.99. The Hall–Kier alpha value is -0.720. The Morgan fingerprint density at radius 2 is 1.67 bits per heavy atom. The molecule has 0 radical (unpaired) electrons. The summed E-state index contributed by atoms with van der Waals surface area (Å²) < 4.78 is 0. The highest BCUT2D eigenvalue weighted by Gasteiger charge is 2.05. The minimum absolute atomic E-state index is 0.0978. The first-order valence-electron chi connectivity index (χ1n) is 6.22. The Morgan fingerprint density at radius 1 is 1.13 bits per heavy atom. The molecule has 0 aromatic heterocycles. The second-order valence-corrected chi connectivity index (χ2v) is 4.24. The molecule has 1 heteroatoms. The third-order valence-electron chi connectivity index (χ3n) is 2.83. The van der Waals surface area contributed by atoms with Crippen molar-refractivity contribution in [2.75, 3.05) is 0 Å². The number of hydrogen-bond acceptors (Lipinski definition) is 1. The molecular formula is C14H26O. The summed E-state index contributed by atoms with van der Waals surface area (Å²) in [6.07, 6.45) is 11.9. The zero-order valence-electron chi connectivity index (χ0n) is 10.2. The fourth-order valence-electron chi connectivity index (χ4n) is 1.74. The molecule has 0 aliphatic rings. The maximum atomic E-state index is 9.22. The third kappa shape index (κ3) is 8.29. The molecule has 0 saturated carbocycles. The van der Waals surface area contributed by atoms with Crippen molar-refractivity contribution in [3.05, 3.63) is 25.0 Å². The van der Waals surface area contributed by atoms with E-state index in [-0.39, 0.29) is 11.7 Å². The zero-order chi connectivity index (χ0) is 11.5. The van der Waals surface area contributed by atoms with Gasteiger partial charge in [0.25, 0.3) is 0 Å². The van der Waals surface area contributed by atoms with Crippen LogP contribution in [0.3, 0.4) is 0 Å². The van der Waals surface area contributed by atoms with Crippen LogP contribution in [0.2, 0.25) is 0 Å². The van der Waals surface area contributed by atoms with Gasteiger partial charge in [-0.2, -0.15) is 0 Å². The molecule has 0 heterocycles. The molecule has 0 fully saturated rings. The monoisotopic (exact) mass is 210 g/mol. The zero-order valence-corrected chi connectivity index (χ0v) is 10.2. The van der Waals surface area contributed by atoms with E-state index in [4.69, 9.17) is 0 Å². The van der Waals surface area contributed by atoms with E-state index in [9.17, 15) is 5.11 Å². The van der Waals surface area contributed by atoms with Crippen LogP contribution in [0.25, 0.3) is 0 Å². The van der Waals surface area contributed by atoms with Crippen LogP contribution in [-0.2, 0) is 0 Å². The average molecular weight is 210 g/mol. The largest absolute Gasteiger partial charge is 0.512 e. The summed E-state index contributed by atoms with van der Waals surface area (Å²) in [4.78, 5) is 0. The summed E-state index contributed by atoms with van der Waals surface area (Å²) in [6, 6.07) is 0. The molecule has 1 atom stereocenters. The van der Waals surface area contributed by atoms with Crippen LogP contribution in [0.1, 0.15) is 58.3 Å². The first kappa shape index (κ1) is 14.3. The van der Waals surface area contributed by atoms with Gasteiger partial charge in [0.15, 0.2) is 0 Å². The summed E-state index contributed by atoms with van der Waals surface area (Å²) >= 11 is 0. The van der Waals surface area contributed by atoms with Gasteiger partial charge in [0, 0.05) is 5.92 Å². The van der Waals surface area contributed by atoms with E-state index < -0.39 is 0 Å². The molecule has 1 nitrogen and oxygen atoms in total. The Kier molecular flexibility index (Phi) is 9.35. The summed E-state index contributed by atoms with van der Waals surface area (Å²) in [5, 5.41) is 9.22. The molecule has 0 saturated heterocycles. The van der Waals surface area contributed by atoms with Gasteiger partial charge in [-0.25, -0.2) is 0 Å². The molecule has 0 aromatic rings. The smallest absolute Gasteiger partial charge is 0.0919 e. The second kappa shape index (κ2) is 9.82. The van der Waals surface area contributed by atoms with Crippen molar-refractivity contribution in [3.63, 3.8) is 0 Å². The van der Waals surface area contributed by atoms with Gasteiger partial charge < -0.3 is 5.11 Å². The number of aliphatic hydroxyl groups excluding tert-OH is 1. The molecule has 88 valence electrons. The van der Waals surface area contributed by atoms with Gasteiger partial charge in [0.2, 0.25) is 0 Å². The lowest BCUT2D eigenvalue weighted by Crippen LogP contribution is -1.98. The van der Waals surface area contributed by atoms with E-state index in [1.54, 1.807) is 6.08 Å². The Labute approximate surface area is 94.9 Å². The lowest BCUT2D eigenvalue weighted by Gasteiger charge is -2.09. The first-order chi connectivity index (χ1) is 7.22. The van der Waals surface area contributed by atoms with Crippen molar-refractivity contribution in [1.82, 2.24) is 0 Å². The van der Waals surface area contributed by atoms with E-state index in [2.05, 4.69) is 20.1 Å². The highest BCUT2D eigenvalue weighted by atomic mass is 16.3.